The average molecular weight is 470 g/mol. The summed E-state index contributed by atoms with van der Waals surface area (Å²) in [4.78, 5) is 16.8. The molecule has 0 atom stereocenters. The Kier molecular flexibility index (Phi) is 6.91. The Morgan fingerprint density at radius 3 is 2.81 bits per heavy atom. The number of nitrogens with zero attached hydrogens (tertiary/aromatic N) is 4. The predicted molar refractivity (Wildman–Crippen MR) is 127 cm³/mol. The van der Waals surface area contributed by atoms with Gasteiger partial charge in [0.25, 0.3) is 0 Å². The molecule has 0 aliphatic heterocycles. The van der Waals surface area contributed by atoms with Crippen LogP contribution in [0.2, 0.25) is 0 Å². The van der Waals surface area contributed by atoms with Crippen LogP contribution in [0.3, 0.4) is 0 Å². The number of carbonyl (C=O) groups is 1. The van der Waals surface area contributed by atoms with Gasteiger partial charge >= 0.3 is 0 Å². The third-order valence-corrected chi connectivity index (χ3v) is 6.53. The SMILES string of the molecule is CCOc1cc(C)ccc1OCc1nnc(SCC(=O)Nc2nc3ccccc3s2)n1C. The molecule has 2 heterocycles. The van der Waals surface area contributed by atoms with Crippen molar-refractivity contribution in [2.75, 3.05) is 17.7 Å². The van der Waals surface area contributed by atoms with Crippen LogP contribution in [0.5, 0.6) is 11.5 Å². The number of nitrogens with one attached hydrogen (secondary N) is 1. The summed E-state index contributed by atoms with van der Waals surface area (Å²) in [5, 5.41) is 12.5. The van der Waals surface area contributed by atoms with Gasteiger partial charge in [0.15, 0.2) is 27.6 Å². The third kappa shape index (κ3) is 5.20. The molecule has 166 valence electrons. The molecule has 0 spiro atoms. The van der Waals surface area contributed by atoms with E-state index in [1.54, 1.807) is 0 Å². The van der Waals surface area contributed by atoms with Crippen LogP contribution in [0.15, 0.2) is 47.6 Å². The number of amides is 1. The summed E-state index contributed by atoms with van der Waals surface area (Å²) in [5.41, 5.74) is 1.97. The lowest BCUT2D eigenvalue weighted by molar-refractivity contribution is -0.113. The van der Waals surface area contributed by atoms with Gasteiger partial charge in [-0.1, -0.05) is 41.3 Å². The third-order valence-electron chi connectivity index (χ3n) is 4.55. The molecule has 0 saturated carbocycles. The minimum Gasteiger partial charge on any atom is -0.490 e. The van der Waals surface area contributed by atoms with E-state index in [4.69, 9.17) is 9.47 Å². The van der Waals surface area contributed by atoms with Crippen LogP contribution in [0.25, 0.3) is 10.2 Å². The molecular formula is C22H23N5O3S2. The lowest BCUT2D eigenvalue weighted by Gasteiger charge is -2.12. The van der Waals surface area contributed by atoms with Crippen LogP contribution in [-0.4, -0.2) is 38.0 Å². The number of hydrogen-bond acceptors (Lipinski definition) is 8. The molecule has 8 nitrogen and oxygen atoms in total. The first kappa shape index (κ1) is 22.1. The number of carbonyl (C=O) groups excluding carboxylic acids is 1. The van der Waals surface area contributed by atoms with Gasteiger partial charge in [0.05, 0.1) is 22.6 Å². The van der Waals surface area contributed by atoms with Gasteiger partial charge in [0.2, 0.25) is 5.91 Å². The molecule has 2 aromatic carbocycles. The summed E-state index contributed by atoms with van der Waals surface area (Å²) in [6.07, 6.45) is 0. The molecule has 0 bridgehead atoms. The van der Waals surface area contributed by atoms with E-state index in [0.29, 0.717) is 34.2 Å². The van der Waals surface area contributed by atoms with Crippen molar-refractivity contribution in [2.24, 2.45) is 7.05 Å². The molecule has 0 fully saturated rings. The zero-order chi connectivity index (χ0) is 22.5. The number of thiazole rings is 1. The van der Waals surface area contributed by atoms with Crippen LogP contribution in [0.1, 0.15) is 18.3 Å². The van der Waals surface area contributed by atoms with Crippen molar-refractivity contribution >= 4 is 44.4 Å². The highest BCUT2D eigenvalue weighted by Gasteiger charge is 2.14. The summed E-state index contributed by atoms with van der Waals surface area (Å²) in [7, 11) is 1.85. The van der Waals surface area contributed by atoms with Crippen molar-refractivity contribution in [2.45, 2.75) is 25.6 Å². The minimum atomic E-state index is -0.143. The van der Waals surface area contributed by atoms with Crippen LogP contribution < -0.4 is 14.8 Å². The molecule has 10 heteroatoms. The second kappa shape index (κ2) is 10.0. The highest BCUT2D eigenvalue weighted by Crippen LogP contribution is 2.29. The highest BCUT2D eigenvalue weighted by molar-refractivity contribution is 7.99. The van der Waals surface area contributed by atoms with E-state index in [9.17, 15) is 4.79 Å². The number of hydrogen-bond donors (Lipinski definition) is 1. The van der Waals surface area contributed by atoms with Crippen molar-refractivity contribution in [3.63, 3.8) is 0 Å². The minimum absolute atomic E-state index is 0.143. The lowest BCUT2D eigenvalue weighted by atomic mass is 10.2. The smallest absolute Gasteiger partial charge is 0.236 e. The molecule has 1 N–H and O–H groups in total. The Hall–Kier alpha value is -3.11. The van der Waals surface area contributed by atoms with Gasteiger partial charge in [-0.2, -0.15) is 0 Å². The van der Waals surface area contributed by atoms with E-state index >= 15 is 0 Å². The number of benzene rings is 2. The zero-order valence-corrected chi connectivity index (χ0v) is 19.6. The highest BCUT2D eigenvalue weighted by atomic mass is 32.2. The largest absolute Gasteiger partial charge is 0.490 e. The first-order chi connectivity index (χ1) is 15.5. The Morgan fingerprint density at radius 2 is 2.00 bits per heavy atom. The van der Waals surface area contributed by atoms with Crippen molar-refractivity contribution in [1.29, 1.82) is 0 Å². The van der Waals surface area contributed by atoms with E-state index in [2.05, 4.69) is 20.5 Å². The Bertz CT molecular complexity index is 1200. The van der Waals surface area contributed by atoms with E-state index in [1.807, 2.05) is 67.9 Å². The monoisotopic (exact) mass is 469 g/mol. The van der Waals surface area contributed by atoms with E-state index < -0.39 is 0 Å². The molecule has 4 rings (SSSR count). The van der Waals surface area contributed by atoms with E-state index in [-0.39, 0.29) is 18.3 Å². The standard InChI is InChI=1S/C22H23N5O3S2/c1-4-29-17-11-14(2)9-10-16(17)30-12-19-25-26-22(27(19)3)31-13-20(28)24-21-23-15-7-5-6-8-18(15)32-21/h5-11H,4,12-13H2,1-3H3,(H,23,24,28). The number of anilines is 1. The number of para-hydroxylation sites is 1. The number of aromatic nitrogens is 4. The quantitative estimate of drug-likeness (QED) is 0.362. The van der Waals surface area contributed by atoms with Crippen LogP contribution in [0.4, 0.5) is 5.13 Å². The maximum Gasteiger partial charge on any atom is 0.236 e. The van der Waals surface area contributed by atoms with Crippen molar-refractivity contribution < 1.29 is 14.3 Å². The molecule has 0 radical (unpaired) electrons. The fraction of sp³-hybridized carbons (Fsp3) is 0.273. The summed E-state index contributed by atoms with van der Waals surface area (Å²) in [6.45, 7) is 4.74. The number of rotatable bonds is 9. The van der Waals surface area contributed by atoms with Gasteiger partial charge in [-0.25, -0.2) is 4.98 Å². The molecule has 0 unspecified atom stereocenters. The molecule has 2 aromatic heterocycles. The zero-order valence-electron chi connectivity index (χ0n) is 18.0. The van der Waals surface area contributed by atoms with Gasteiger partial charge < -0.3 is 19.4 Å². The van der Waals surface area contributed by atoms with Gasteiger partial charge in [0, 0.05) is 7.05 Å². The molecule has 4 aromatic rings. The lowest BCUT2D eigenvalue weighted by Crippen LogP contribution is -2.14. The Balaban J connectivity index is 1.33. The summed E-state index contributed by atoms with van der Waals surface area (Å²) >= 11 is 2.76. The normalized spacial score (nSPS) is 11.0. The topological polar surface area (TPSA) is 91.2 Å². The Labute approximate surface area is 194 Å². The molecular weight excluding hydrogens is 446 g/mol. The number of ether oxygens (including phenoxy) is 2. The predicted octanol–water partition coefficient (Wildman–Crippen LogP) is 4.44. The molecule has 32 heavy (non-hydrogen) atoms. The number of aryl methyl sites for hydroxylation is 1. The van der Waals surface area contributed by atoms with Gasteiger partial charge in [-0.15, -0.1) is 10.2 Å². The van der Waals surface area contributed by atoms with Gasteiger partial charge in [0.1, 0.15) is 6.61 Å². The molecule has 0 aliphatic carbocycles. The first-order valence-corrected chi connectivity index (χ1v) is 11.9. The Morgan fingerprint density at radius 1 is 1.16 bits per heavy atom. The van der Waals surface area contributed by atoms with Gasteiger partial charge in [-0.3, -0.25) is 4.79 Å². The average Bonchev–Trinajstić information content (AvgIpc) is 3.34. The summed E-state index contributed by atoms with van der Waals surface area (Å²) in [5.74, 6) is 2.08. The van der Waals surface area contributed by atoms with E-state index in [1.165, 1.54) is 23.1 Å². The second-order valence-corrected chi connectivity index (χ2v) is 8.93. The first-order valence-electron chi connectivity index (χ1n) is 10.1. The van der Waals surface area contributed by atoms with Crippen LogP contribution in [0, 0.1) is 6.92 Å². The fourth-order valence-electron chi connectivity index (χ4n) is 2.95. The van der Waals surface area contributed by atoms with Crippen LogP contribution in [-0.2, 0) is 18.4 Å². The van der Waals surface area contributed by atoms with Crippen molar-refractivity contribution in [3.8, 4) is 11.5 Å². The van der Waals surface area contributed by atoms with Crippen molar-refractivity contribution in [3.05, 3.63) is 53.9 Å². The van der Waals surface area contributed by atoms with Gasteiger partial charge in [-0.05, 0) is 43.7 Å². The van der Waals surface area contributed by atoms with Crippen molar-refractivity contribution in [1.82, 2.24) is 19.7 Å². The molecule has 0 aliphatic rings. The number of fused-ring (bicyclic) bond motifs is 1. The maximum absolute atomic E-state index is 12.4. The molecule has 0 saturated heterocycles. The van der Waals surface area contributed by atoms with E-state index in [0.717, 1.165) is 15.8 Å². The van der Waals surface area contributed by atoms with Crippen LogP contribution >= 0.6 is 23.1 Å². The number of thioether (sulfide) groups is 1. The fourth-order valence-corrected chi connectivity index (χ4v) is 4.56. The molecule has 1 amide bonds. The second-order valence-electron chi connectivity index (χ2n) is 6.95. The summed E-state index contributed by atoms with van der Waals surface area (Å²) in [6, 6.07) is 13.6. The summed E-state index contributed by atoms with van der Waals surface area (Å²) < 4.78 is 14.4. The maximum atomic E-state index is 12.4.